The Labute approximate surface area is 159 Å². The Morgan fingerprint density at radius 2 is 1.65 bits per heavy atom. The summed E-state index contributed by atoms with van der Waals surface area (Å²) in [5.74, 6) is -11.5. The first kappa shape index (κ1) is 18.9. The van der Waals surface area contributed by atoms with E-state index in [0.717, 1.165) is 20.0 Å². The van der Waals surface area contributed by atoms with E-state index in [9.17, 15) is 26.7 Å². The second-order valence-electron chi connectivity index (χ2n) is 4.92. The smallest absolute Gasteiger partial charge is 0.230 e. The lowest BCUT2D eigenvalue weighted by Crippen LogP contribution is -2.18. The van der Waals surface area contributed by atoms with Crippen molar-refractivity contribution >= 4 is 49.6 Å². The SMILES string of the molecule is O=C(Cc1c(F)c(F)c(F)c(F)c1F)Nc1nc(-c2ccc(Br)s2)cs1. The van der Waals surface area contributed by atoms with E-state index in [4.69, 9.17) is 0 Å². The average molecular weight is 469 g/mol. The van der Waals surface area contributed by atoms with Gasteiger partial charge in [0.25, 0.3) is 0 Å². The first-order chi connectivity index (χ1) is 12.3. The van der Waals surface area contributed by atoms with Gasteiger partial charge in [-0.25, -0.2) is 26.9 Å². The Kier molecular flexibility index (Phi) is 5.39. The lowest BCUT2D eigenvalue weighted by atomic mass is 10.1. The largest absolute Gasteiger partial charge is 0.302 e. The van der Waals surface area contributed by atoms with E-state index in [1.165, 1.54) is 11.3 Å². The monoisotopic (exact) mass is 468 g/mol. The molecule has 0 bridgehead atoms. The van der Waals surface area contributed by atoms with Gasteiger partial charge in [-0.2, -0.15) is 0 Å². The fourth-order valence-corrected chi connectivity index (χ4v) is 4.17. The number of hydrogen-bond acceptors (Lipinski definition) is 4. The van der Waals surface area contributed by atoms with E-state index in [1.54, 1.807) is 5.38 Å². The number of thiophene rings is 1. The number of aromatic nitrogens is 1. The molecule has 0 spiro atoms. The molecule has 3 nitrogen and oxygen atoms in total. The number of carbonyl (C=O) groups is 1. The van der Waals surface area contributed by atoms with E-state index in [-0.39, 0.29) is 5.13 Å². The minimum absolute atomic E-state index is 0.137. The quantitative estimate of drug-likeness (QED) is 0.311. The number of benzene rings is 1. The van der Waals surface area contributed by atoms with Crippen molar-refractivity contribution < 1.29 is 26.7 Å². The number of rotatable bonds is 4. The molecule has 1 aromatic carbocycles. The molecule has 0 saturated carbocycles. The van der Waals surface area contributed by atoms with Gasteiger partial charge in [-0.05, 0) is 28.1 Å². The van der Waals surface area contributed by atoms with Crippen LogP contribution in [0.2, 0.25) is 0 Å². The van der Waals surface area contributed by atoms with Gasteiger partial charge < -0.3 is 5.32 Å². The maximum Gasteiger partial charge on any atom is 0.230 e. The lowest BCUT2D eigenvalue weighted by Gasteiger charge is -2.07. The third-order valence-corrected chi connectivity index (χ3v) is 5.62. The molecule has 0 aliphatic heterocycles. The number of anilines is 1. The van der Waals surface area contributed by atoms with E-state index < -0.39 is 47.0 Å². The van der Waals surface area contributed by atoms with Gasteiger partial charge in [0.1, 0.15) is 0 Å². The summed E-state index contributed by atoms with van der Waals surface area (Å²) >= 11 is 5.79. The van der Waals surface area contributed by atoms with Crippen molar-refractivity contribution in [2.75, 3.05) is 5.32 Å². The zero-order valence-corrected chi connectivity index (χ0v) is 15.6. The summed E-state index contributed by atoms with van der Waals surface area (Å²) in [4.78, 5) is 16.9. The molecule has 0 atom stereocenters. The fraction of sp³-hybridized carbons (Fsp3) is 0.0667. The van der Waals surface area contributed by atoms with Gasteiger partial charge in [-0.1, -0.05) is 0 Å². The normalized spacial score (nSPS) is 11.0. The van der Waals surface area contributed by atoms with Crippen LogP contribution in [0.4, 0.5) is 27.1 Å². The molecule has 11 heteroatoms. The Bertz CT molecular complexity index is 975. The molecule has 0 aliphatic carbocycles. The van der Waals surface area contributed by atoms with Crippen molar-refractivity contribution in [2.24, 2.45) is 0 Å². The Morgan fingerprint density at radius 1 is 1.04 bits per heavy atom. The zero-order valence-electron chi connectivity index (χ0n) is 12.4. The highest BCUT2D eigenvalue weighted by Gasteiger charge is 2.27. The summed E-state index contributed by atoms with van der Waals surface area (Å²) < 4.78 is 67.5. The number of thiazole rings is 1. The van der Waals surface area contributed by atoms with Crippen LogP contribution in [0.5, 0.6) is 0 Å². The molecule has 2 heterocycles. The lowest BCUT2D eigenvalue weighted by molar-refractivity contribution is -0.115. The minimum atomic E-state index is -2.27. The molecule has 0 radical (unpaired) electrons. The molecule has 26 heavy (non-hydrogen) atoms. The van der Waals surface area contributed by atoms with E-state index in [2.05, 4.69) is 26.2 Å². The topological polar surface area (TPSA) is 42.0 Å². The highest BCUT2D eigenvalue weighted by molar-refractivity contribution is 9.11. The van der Waals surface area contributed by atoms with Crippen LogP contribution in [0.25, 0.3) is 10.6 Å². The highest BCUT2D eigenvalue weighted by Crippen LogP contribution is 2.33. The molecular formula is C15H6BrF5N2OS2. The predicted octanol–water partition coefficient (Wildman–Crippen LogP) is 5.51. The number of nitrogens with zero attached hydrogens (tertiary/aromatic N) is 1. The summed E-state index contributed by atoms with van der Waals surface area (Å²) in [7, 11) is 0. The molecule has 3 rings (SSSR count). The molecule has 0 saturated heterocycles. The summed E-state index contributed by atoms with van der Waals surface area (Å²) in [6.07, 6.45) is -1.02. The van der Waals surface area contributed by atoms with Crippen molar-refractivity contribution in [1.29, 1.82) is 0 Å². The average Bonchev–Trinajstić information content (AvgIpc) is 3.24. The molecule has 2 aromatic heterocycles. The number of halogens is 6. The first-order valence-corrected chi connectivity index (χ1v) is 9.28. The molecule has 1 N–H and O–H groups in total. The second-order valence-corrected chi connectivity index (χ2v) is 8.24. The molecule has 0 unspecified atom stereocenters. The van der Waals surface area contributed by atoms with Crippen LogP contribution in [0.1, 0.15) is 5.56 Å². The van der Waals surface area contributed by atoms with Crippen LogP contribution in [0, 0.1) is 29.1 Å². The number of carbonyl (C=O) groups excluding carboxylic acids is 1. The van der Waals surface area contributed by atoms with Crippen LogP contribution in [0.3, 0.4) is 0 Å². The number of nitrogens with one attached hydrogen (secondary N) is 1. The Morgan fingerprint density at radius 3 is 2.23 bits per heavy atom. The summed E-state index contributed by atoms with van der Waals surface area (Å²) in [5.41, 5.74) is -0.616. The zero-order chi connectivity index (χ0) is 19.0. The molecular weight excluding hydrogens is 463 g/mol. The van der Waals surface area contributed by atoms with Crippen molar-refractivity contribution in [1.82, 2.24) is 4.98 Å². The van der Waals surface area contributed by atoms with Crippen molar-refractivity contribution in [3.63, 3.8) is 0 Å². The fourth-order valence-electron chi connectivity index (χ4n) is 2.03. The molecule has 136 valence electrons. The maximum absolute atomic E-state index is 13.6. The molecule has 3 aromatic rings. The van der Waals surface area contributed by atoms with E-state index in [1.807, 2.05) is 12.1 Å². The highest BCUT2D eigenvalue weighted by atomic mass is 79.9. The number of hydrogen-bond donors (Lipinski definition) is 1. The van der Waals surface area contributed by atoms with Gasteiger partial charge in [0.05, 0.1) is 20.8 Å². The van der Waals surface area contributed by atoms with Crippen LogP contribution in [-0.4, -0.2) is 10.9 Å². The molecule has 1 amide bonds. The van der Waals surface area contributed by atoms with Gasteiger partial charge in [0, 0.05) is 10.9 Å². The van der Waals surface area contributed by atoms with Gasteiger partial charge in [-0.15, -0.1) is 22.7 Å². The van der Waals surface area contributed by atoms with Crippen LogP contribution in [-0.2, 0) is 11.2 Å². The van der Waals surface area contributed by atoms with Crippen molar-refractivity contribution in [2.45, 2.75) is 6.42 Å². The standard InChI is InChI=1S/C15H6BrF5N2OS2/c16-8-2-1-7(26-8)6-4-25-15(22-6)23-9(24)3-5-10(17)12(19)14(21)13(20)11(5)18/h1-2,4H,3H2,(H,22,23,24). The molecule has 0 aliphatic rings. The van der Waals surface area contributed by atoms with Gasteiger partial charge in [0.2, 0.25) is 11.7 Å². The van der Waals surface area contributed by atoms with E-state index >= 15 is 0 Å². The third kappa shape index (κ3) is 3.64. The van der Waals surface area contributed by atoms with Gasteiger partial charge in [-0.3, -0.25) is 4.79 Å². The van der Waals surface area contributed by atoms with Crippen molar-refractivity contribution in [3.05, 3.63) is 55.9 Å². The maximum atomic E-state index is 13.6. The van der Waals surface area contributed by atoms with E-state index in [0.29, 0.717) is 5.69 Å². The second kappa shape index (κ2) is 7.41. The van der Waals surface area contributed by atoms with Crippen LogP contribution >= 0.6 is 38.6 Å². The van der Waals surface area contributed by atoms with Gasteiger partial charge in [0.15, 0.2) is 28.4 Å². The Balaban J connectivity index is 1.77. The van der Waals surface area contributed by atoms with Crippen molar-refractivity contribution in [3.8, 4) is 10.6 Å². The minimum Gasteiger partial charge on any atom is -0.302 e. The Hall–Kier alpha value is -1.85. The van der Waals surface area contributed by atoms with Gasteiger partial charge >= 0.3 is 0 Å². The summed E-state index contributed by atoms with van der Waals surface area (Å²) in [6, 6.07) is 3.63. The first-order valence-electron chi connectivity index (χ1n) is 6.79. The van der Waals surface area contributed by atoms with Crippen LogP contribution in [0.15, 0.2) is 21.3 Å². The number of amides is 1. The third-order valence-electron chi connectivity index (χ3n) is 3.21. The predicted molar refractivity (Wildman–Crippen MR) is 91.7 cm³/mol. The molecule has 0 fully saturated rings. The van der Waals surface area contributed by atoms with Crippen LogP contribution < -0.4 is 5.32 Å². The summed E-state index contributed by atoms with van der Waals surface area (Å²) in [5, 5.41) is 4.08. The summed E-state index contributed by atoms with van der Waals surface area (Å²) in [6.45, 7) is 0.